The minimum Gasteiger partial charge on any atom is -0.392 e. The van der Waals surface area contributed by atoms with Gasteiger partial charge in [0.1, 0.15) is 0 Å². The predicted molar refractivity (Wildman–Crippen MR) is 85.9 cm³/mol. The van der Waals surface area contributed by atoms with Gasteiger partial charge in [0.2, 0.25) is 0 Å². The summed E-state index contributed by atoms with van der Waals surface area (Å²) in [5.41, 5.74) is 10.3. The molecule has 1 saturated carbocycles. The third-order valence-corrected chi connectivity index (χ3v) is 4.05. The molecule has 1 aliphatic carbocycles. The minimum atomic E-state index is 0.104. The first-order valence-electron chi connectivity index (χ1n) is 7.54. The molecule has 0 aromatic heterocycles. The van der Waals surface area contributed by atoms with Crippen LogP contribution >= 0.6 is 0 Å². The Balaban J connectivity index is 1.77. The topological polar surface area (TPSA) is 49.5 Å². The molecular formula is C18H22N2O. The van der Waals surface area contributed by atoms with Crippen molar-refractivity contribution in [2.24, 2.45) is 5.73 Å². The largest absolute Gasteiger partial charge is 0.392 e. The molecule has 2 aromatic carbocycles. The molecule has 110 valence electrons. The van der Waals surface area contributed by atoms with Crippen molar-refractivity contribution in [3.63, 3.8) is 0 Å². The summed E-state index contributed by atoms with van der Waals surface area (Å²) in [7, 11) is 0. The molecule has 3 heteroatoms. The third-order valence-electron chi connectivity index (χ3n) is 4.05. The maximum absolute atomic E-state index is 9.12. The van der Waals surface area contributed by atoms with Crippen molar-refractivity contribution in [2.45, 2.75) is 38.6 Å². The van der Waals surface area contributed by atoms with Crippen LogP contribution in [0, 0.1) is 0 Å². The van der Waals surface area contributed by atoms with Crippen molar-refractivity contribution < 1.29 is 5.11 Å². The summed E-state index contributed by atoms with van der Waals surface area (Å²) >= 11 is 0. The molecular weight excluding hydrogens is 260 g/mol. The van der Waals surface area contributed by atoms with Gasteiger partial charge in [-0.25, -0.2) is 0 Å². The number of rotatable bonds is 6. The summed E-state index contributed by atoms with van der Waals surface area (Å²) in [6.07, 6.45) is 2.54. The summed E-state index contributed by atoms with van der Waals surface area (Å²) in [5, 5.41) is 9.12. The highest BCUT2D eigenvalue weighted by molar-refractivity contribution is 5.50. The van der Waals surface area contributed by atoms with Gasteiger partial charge < -0.3 is 15.7 Å². The number of aliphatic hydroxyl groups excluding tert-OH is 1. The summed E-state index contributed by atoms with van der Waals surface area (Å²) in [6.45, 7) is 1.61. The van der Waals surface area contributed by atoms with Gasteiger partial charge in [-0.15, -0.1) is 0 Å². The molecule has 0 unspecified atom stereocenters. The molecule has 3 N–H and O–H groups in total. The average molecular weight is 282 g/mol. The summed E-state index contributed by atoms with van der Waals surface area (Å²) in [5.74, 6) is 0. The molecule has 1 aliphatic rings. The summed E-state index contributed by atoms with van der Waals surface area (Å²) < 4.78 is 0. The first-order valence-corrected chi connectivity index (χ1v) is 7.54. The van der Waals surface area contributed by atoms with Gasteiger partial charge in [0.25, 0.3) is 0 Å². The first-order chi connectivity index (χ1) is 10.3. The Morgan fingerprint density at radius 2 is 1.48 bits per heavy atom. The number of aliphatic hydroxyl groups is 1. The van der Waals surface area contributed by atoms with Gasteiger partial charge in [-0.3, -0.25) is 0 Å². The zero-order valence-electron chi connectivity index (χ0n) is 12.2. The lowest BCUT2D eigenvalue weighted by atomic mass is 10.1. The smallest absolute Gasteiger partial charge is 0.0681 e. The fourth-order valence-corrected chi connectivity index (χ4v) is 2.59. The number of nitrogens with zero attached hydrogens (tertiary/aromatic N) is 1. The van der Waals surface area contributed by atoms with Crippen molar-refractivity contribution >= 4 is 5.69 Å². The van der Waals surface area contributed by atoms with Gasteiger partial charge in [0, 0.05) is 24.8 Å². The second-order valence-corrected chi connectivity index (χ2v) is 5.70. The maximum Gasteiger partial charge on any atom is 0.0681 e. The van der Waals surface area contributed by atoms with Crippen molar-refractivity contribution in [3.05, 3.63) is 65.2 Å². The summed E-state index contributed by atoms with van der Waals surface area (Å²) in [6, 6.07) is 17.4. The van der Waals surface area contributed by atoms with E-state index in [1.54, 1.807) is 0 Å². The molecule has 3 nitrogen and oxygen atoms in total. The second kappa shape index (κ2) is 6.29. The van der Waals surface area contributed by atoms with Gasteiger partial charge in [-0.2, -0.15) is 0 Å². The maximum atomic E-state index is 9.12. The fraction of sp³-hybridized carbons (Fsp3) is 0.333. The van der Waals surface area contributed by atoms with Crippen LogP contribution in [0.5, 0.6) is 0 Å². The van der Waals surface area contributed by atoms with E-state index in [4.69, 9.17) is 10.8 Å². The highest BCUT2D eigenvalue weighted by Gasteiger charge is 2.29. The van der Waals surface area contributed by atoms with Gasteiger partial charge in [-0.1, -0.05) is 36.4 Å². The second-order valence-electron chi connectivity index (χ2n) is 5.70. The summed E-state index contributed by atoms with van der Waals surface area (Å²) in [4.78, 5) is 2.47. The van der Waals surface area contributed by atoms with E-state index in [1.165, 1.54) is 29.7 Å². The molecule has 21 heavy (non-hydrogen) atoms. The molecule has 0 saturated heterocycles. The van der Waals surface area contributed by atoms with Crippen molar-refractivity contribution in [2.75, 3.05) is 4.90 Å². The number of benzene rings is 2. The normalized spacial score (nSPS) is 14.2. The molecule has 0 heterocycles. The highest BCUT2D eigenvalue weighted by atomic mass is 16.3. The van der Waals surface area contributed by atoms with Crippen LogP contribution in [0.2, 0.25) is 0 Å². The number of nitrogens with two attached hydrogens (primary N) is 1. The van der Waals surface area contributed by atoms with Crippen LogP contribution in [0.25, 0.3) is 0 Å². The van der Waals surface area contributed by atoms with Gasteiger partial charge >= 0.3 is 0 Å². The monoisotopic (exact) mass is 282 g/mol. The average Bonchev–Trinajstić information content (AvgIpc) is 3.38. The Hall–Kier alpha value is -1.84. The number of hydrogen-bond acceptors (Lipinski definition) is 3. The van der Waals surface area contributed by atoms with Crippen LogP contribution in [-0.4, -0.2) is 11.1 Å². The molecule has 0 amide bonds. The minimum absolute atomic E-state index is 0.104. The molecule has 0 atom stereocenters. The molecule has 3 rings (SSSR count). The van der Waals surface area contributed by atoms with Gasteiger partial charge in [-0.05, 0) is 41.7 Å². The molecule has 0 bridgehead atoms. The lowest BCUT2D eigenvalue weighted by Gasteiger charge is -2.25. The van der Waals surface area contributed by atoms with Gasteiger partial charge in [0.15, 0.2) is 0 Å². The van der Waals surface area contributed by atoms with Crippen LogP contribution in [0.15, 0.2) is 48.5 Å². The van der Waals surface area contributed by atoms with Crippen LogP contribution < -0.4 is 10.6 Å². The van der Waals surface area contributed by atoms with E-state index in [9.17, 15) is 0 Å². The molecule has 1 fully saturated rings. The van der Waals surface area contributed by atoms with Crippen LogP contribution in [0.1, 0.15) is 29.5 Å². The lowest BCUT2D eigenvalue weighted by Crippen LogP contribution is -2.25. The molecule has 2 aromatic rings. The van der Waals surface area contributed by atoms with Crippen molar-refractivity contribution in [3.8, 4) is 0 Å². The van der Waals surface area contributed by atoms with Crippen LogP contribution in [-0.2, 0) is 19.7 Å². The van der Waals surface area contributed by atoms with Crippen LogP contribution in [0.3, 0.4) is 0 Å². The number of hydrogen-bond donors (Lipinski definition) is 2. The van der Waals surface area contributed by atoms with Crippen molar-refractivity contribution in [1.82, 2.24) is 0 Å². The Morgan fingerprint density at radius 3 is 2.00 bits per heavy atom. The quantitative estimate of drug-likeness (QED) is 0.856. The lowest BCUT2D eigenvalue weighted by molar-refractivity contribution is 0.282. The van der Waals surface area contributed by atoms with E-state index in [0.29, 0.717) is 12.6 Å². The Labute approximate surface area is 126 Å². The zero-order valence-corrected chi connectivity index (χ0v) is 12.2. The Morgan fingerprint density at radius 1 is 0.905 bits per heavy atom. The van der Waals surface area contributed by atoms with E-state index in [0.717, 1.165) is 12.1 Å². The predicted octanol–water partition coefficient (Wildman–Crippen LogP) is 2.81. The van der Waals surface area contributed by atoms with E-state index in [2.05, 4.69) is 41.3 Å². The SMILES string of the molecule is NCc1ccc(N(Cc2ccc(CO)cc2)C2CC2)cc1. The van der Waals surface area contributed by atoms with E-state index < -0.39 is 0 Å². The zero-order chi connectivity index (χ0) is 14.7. The number of anilines is 1. The third kappa shape index (κ3) is 3.43. The van der Waals surface area contributed by atoms with E-state index in [1.807, 2.05) is 12.1 Å². The Bertz CT molecular complexity index is 573. The molecule has 0 spiro atoms. The standard InChI is InChI=1S/C18H22N2O/c19-11-14-5-7-17(8-6-14)20(18-9-10-18)12-15-1-3-16(13-21)4-2-15/h1-8,18,21H,9-13,19H2. The highest BCUT2D eigenvalue weighted by Crippen LogP contribution is 2.33. The first kappa shape index (κ1) is 14.1. The van der Waals surface area contributed by atoms with Crippen LogP contribution in [0.4, 0.5) is 5.69 Å². The molecule has 0 radical (unpaired) electrons. The van der Waals surface area contributed by atoms with Crippen molar-refractivity contribution in [1.29, 1.82) is 0 Å². The fourth-order valence-electron chi connectivity index (χ4n) is 2.59. The van der Waals surface area contributed by atoms with E-state index in [-0.39, 0.29) is 6.61 Å². The van der Waals surface area contributed by atoms with E-state index >= 15 is 0 Å². The Kier molecular flexibility index (Phi) is 4.23. The van der Waals surface area contributed by atoms with Gasteiger partial charge in [0.05, 0.1) is 6.61 Å². The molecule has 0 aliphatic heterocycles.